The smallest absolute Gasteiger partial charge is 0.416 e. The van der Waals surface area contributed by atoms with E-state index in [-0.39, 0.29) is 11.4 Å². The summed E-state index contributed by atoms with van der Waals surface area (Å²) in [6, 6.07) is 7.31. The number of carbonyl (C=O) groups excluding carboxylic acids is 3. The summed E-state index contributed by atoms with van der Waals surface area (Å²) in [4.78, 5) is 41.0. The number of thiophene rings is 1. The Morgan fingerprint density at radius 3 is 2.47 bits per heavy atom. The molecule has 12 heteroatoms. The fourth-order valence-electron chi connectivity index (χ4n) is 2.50. The van der Waals surface area contributed by atoms with Gasteiger partial charge in [-0.2, -0.15) is 13.2 Å². The molecular formula is C20H16F3N3O4S2. The van der Waals surface area contributed by atoms with E-state index in [0.717, 1.165) is 28.3 Å². The number of aryl methyl sites for hydroxylation is 1. The second-order valence-corrected chi connectivity index (χ2v) is 8.43. The third kappa shape index (κ3) is 6.14. The quantitative estimate of drug-likeness (QED) is 0.507. The van der Waals surface area contributed by atoms with Crippen molar-refractivity contribution >= 4 is 40.6 Å². The van der Waals surface area contributed by atoms with E-state index in [2.05, 4.69) is 10.3 Å². The highest BCUT2D eigenvalue weighted by Gasteiger charge is 2.30. The Hall–Kier alpha value is -3.25. The van der Waals surface area contributed by atoms with E-state index in [0.29, 0.717) is 16.3 Å². The average Bonchev–Trinajstić information content (AvgIpc) is 3.39. The van der Waals surface area contributed by atoms with Crippen LogP contribution in [-0.4, -0.2) is 29.5 Å². The summed E-state index contributed by atoms with van der Waals surface area (Å²) < 4.78 is 43.0. The average molecular weight is 483 g/mol. The minimum atomic E-state index is -4.45. The van der Waals surface area contributed by atoms with Gasteiger partial charge in [-0.15, -0.1) is 22.7 Å². The van der Waals surface area contributed by atoms with E-state index in [1.165, 1.54) is 23.5 Å². The number of nitrogens with one attached hydrogen (secondary N) is 2. The van der Waals surface area contributed by atoms with Crippen molar-refractivity contribution in [2.45, 2.75) is 19.6 Å². The Morgan fingerprint density at radius 2 is 1.84 bits per heavy atom. The molecule has 2 heterocycles. The van der Waals surface area contributed by atoms with E-state index in [4.69, 9.17) is 4.74 Å². The Morgan fingerprint density at radius 1 is 1.12 bits per heavy atom. The van der Waals surface area contributed by atoms with Crippen LogP contribution in [-0.2, 0) is 22.3 Å². The van der Waals surface area contributed by atoms with Gasteiger partial charge in [0.05, 0.1) is 17.8 Å². The van der Waals surface area contributed by atoms with Crippen molar-refractivity contribution in [3.05, 3.63) is 62.8 Å². The van der Waals surface area contributed by atoms with Gasteiger partial charge in [-0.25, -0.2) is 14.6 Å². The van der Waals surface area contributed by atoms with Crippen LogP contribution in [0.25, 0.3) is 10.6 Å². The molecule has 0 atom stereocenters. The van der Waals surface area contributed by atoms with Crippen molar-refractivity contribution < 1.29 is 32.3 Å². The number of aromatic nitrogens is 1. The lowest BCUT2D eigenvalue weighted by Crippen LogP contribution is -2.41. The number of esters is 1. The minimum absolute atomic E-state index is 0.106. The van der Waals surface area contributed by atoms with Crippen molar-refractivity contribution in [3.8, 4) is 10.6 Å². The lowest BCUT2D eigenvalue weighted by Gasteiger charge is -2.06. The van der Waals surface area contributed by atoms with Crippen LogP contribution in [0.5, 0.6) is 0 Å². The van der Waals surface area contributed by atoms with Gasteiger partial charge in [0, 0.05) is 10.4 Å². The molecule has 3 aromatic rings. The molecule has 0 fully saturated rings. The molecule has 2 aromatic heterocycles. The van der Waals surface area contributed by atoms with Gasteiger partial charge in [0.1, 0.15) is 9.88 Å². The molecule has 0 unspecified atom stereocenters. The summed E-state index contributed by atoms with van der Waals surface area (Å²) in [5.74, 6) is -1.64. The van der Waals surface area contributed by atoms with Crippen molar-refractivity contribution in [3.63, 3.8) is 0 Å². The number of amides is 3. The maximum Gasteiger partial charge on any atom is 0.416 e. The standard InChI is InChI=1S/C20H16F3N3O4S2/c1-11-16(32-17(25-11)12-4-6-13(7-5-12)20(21,22)23)18(28)30-10-15(27)26-19(29)24-9-14-3-2-8-31-14/h2-8H,9-10H2,1H3,(H2,24,26,27,29). The highest BCUT2D eigenvalue weighted by atomic mass is 32.1. The number of hydrogen-bond donors (Lipinski definition) is 2. The molecule has 0 aliphatic heterocycles. The first-order valence-electron chi connectivity index (χ1n) is 9.05. The fraction of sp³-hybridized carbons (Fsp3) is 0.200. The summed E-state index contributed by atoms with van der Waals surface area (Å²) in [6.07, 6.45) is -4.45. The molecule has 0 spiro atoms. The Kier molecular flexibility index (Phi) is 7.26. The third-order valence-electron chi connectivity index (χ3n) is 4.03. The van der Waals surface area contributed by atoms with Crippen molar-refractivity contribution in [2.24, 2.45) is 0 Å². The van der Waals surface area contributed by atoms with Crippen LogP contribution in [0.4, 0.5) is 18.0 Å². The number of halogens is 3. The zero-order valence-electron chi connectivity index (χ0n) is 16.5. The summed E-state index contributed by atoms with van der Waals surface area (Å²) in [7, 11) is 0. The van der Waals surface area contributed by atoms with E-state index in [1.807, 2.05) is 22.8 Å². The molecule has 3 rings (SSSR count). The molecule has 0 saturated carbocycles. The SMILES string of the molecule is Cc1nc(-c2ccc(C(F)(F)F)cc2)sc1C(=O)OCC(=O)NC(=O)NCc1cccs1. The molecule has 1 aromatic carbocycles. The van der Waals surface area contributed by atoms with E-state index < -0.39 is 36.3 Å². The maximum atomic E-state index is 12.7. The zero-order valence-corrected chi connectivity index (χ0v) is 18.1. The summed E-state index contributed by atoms with van der Waals surface area (Å²) in [5.41, 5.74) is -0.0751. The highest BCUT2D eigenvalue weighted by Crippen LogP contribution is 2.33. The van der Waals surface area contributed by atoms with E-state index >= 15 is 0 Å². The second kappa shape index (κ2) is 9.92. The summed E-state index contributed by atoms with van der Waals surface area (Å²) in [5, 5.41) is 6.73. The number of ether oxygens (including phenoxy) is 1. The van der Waals surface area contributed by atoms with Gasteiger partial charge < -0.3 is 10.1 Å². The molecule has 7 nitrogen and oxygen atoms in total. The van der Waals surface area contributed by atoms with Crippen LogP contribution in [0.3, 0.4) is 0 Å². The number of nitrogens with zero attached hydrogens (tertiary/aromatic N) is 1. The van der Waals surface area contributed by atoms with Gasteiger partial charge in [0.2, 0.25) is 0 Å². The first kappa shape index (κ1) is 23.4. The number of urea groups is 1. The Labute approximate surface area is 188 Å². The number of benzene rings is 1. The number of imide groups is 1. The molecule has 3 amide bonds. The topological polar surface area (TPSA) is 97.4 Å². The van der Waals surface area contributed by atoms with E-state index in [9.17, 15) is 27.6 Å². The Bertz CT molecular complexity index is 1110. The van der Waals surface area contributed by atoms with Gasteiger partial charge in [0.25, 0.3) is 5.91 Å². The van der Waals surface area contributed by atoms with Crippen LogP contribution < -0.4 is 10.6 Å². The molecule has 0 bridgehead atoms. The van der Waals surface area contributed by atoms with Crippen LogP contribution in [0, 0.1) is 6.92 Å². The molecule has 0 aliphatic carbocycles. The first-order chi connectivity index (χ1) is 15.1. The third-order valence-corrected chi connectivity index (χ3v) is 6.09. The van der Waals surface area contributed by atoms with Crippen molar-refractivity contribution in [2.75, 3.05) is 6.61 Å². The number of thiazole rings is 1. The molecule has 2 N–H and O–H groups in total. The summed E-state index contributed by atoms with van der Waals surface area (Å²) in [6.45, 7) is 1.11. The highest BCUT2D eigenvalue weighted by molar-refractivity contribution is 7.17. The van der Waals surface area contributed by atoms with Gasteiger partial charge in [-0.05, 0) is 30.5 Å². The number of rotatable bonds is 6. The monoisotopic (exact) mass is 483 g/mol. The van der Waals surface area contributed by atoms with Gasteiger partial charge in [0.15, 0.2) is 6.61 Å². The lowest BCUT2D eigenvalue weighted by atomic mass is 10.1. The molecule has 0 aliphatic rings. The van der Waals surface area contributed by atoms with Crippen LogP contribution in [0.1, 0.15) is 25.8 Å². The van der Waals surface area contributed by atoms with Crippen LogP contribution >= 0.6 is 22.7 Å². The molecule has 0 saturated heterocycles. The maximum absolute atomic E-state index is 12.7. The second-order valence-electron chi connectivity index (χ2n) is 6.40. The lowest BCUT2D eigenvalue weighted by molar-refractivity contribution is -0.137. The van der Waals surface area contributed by atoms with Gasteiger partial charge in [-0.3, -0.25) is 10.1 Å². The first-order valence-corrected chi connectivity index (χ1v) is 10.8. The predicted molar refractivity (Wildman–Crippen MR) is 112 cm³/mol. The fourth-order valence-corrected chi connectivity index (χ4v) is 4.11. The largest absolute Gasteiger partial charge is 0.451 e. The van der Waals surface area contributed by atoms with E-state index in [1.54, 1.807) is 6.92 Å². The molecule has 32 heavy (non-hydrogen) atoms. The van der Waals surface area contributed by atoms with Gasteiger partial charge >= 0.3 is 18.2 Å². The predicted octanol–water partition coefficient (Wildman–Crippen LogP) is 4.38. The molecule has 0 radical (unpaired) electrons. The van der Waals surface area contributed by atoms with Crippen LogP contribution in [0.15, 0.2) is 41.8 Å². The van der Waals surface area contributed by atoms with Crippen molar-refractivity contribution in [1.82, 2.24) is 15.6 Å². The number of hydrogen-bond acceptors (Lipinski definition) is 7. The molecular weight excluding hydrogens is 467 g/mol. The van der Waals surface area contributed by atoms with Crippen LogP contribution in [0.2, 0.25) is 0 Å². The van der Waals surface area contributed by atoms with Gasteiger partial charge in [-0.1, -0.05) is 18.2 Å². The normalized spacial score (nSPS) is 11.1. The molecule has 168 valence electrons. The number of alkyl halides is 3. The number of carbonyl (C=O) groups is 3. The van der Waals surface area contributed by atoms with Crippen molar-refractivity contribution in [1.29, 1.82) is 0 Å². The minimum Gasteiger partial charge on any atom is -0.451 e. The Balaban J connectivity index is 1.53. The zero-order chi connectivity index (χ0) is 23.3. The summed E-state index contributed by atoms with van der Waals surface area (Å²) >= 11 is 2.38.